The summed E-state index contributed by atoms with van der Waals surface area (Å²) in [7, 11) is -1.96. The molecule has 0 radical (unpaired) electrons. The number of aromatic nitrogens is 4. The van der Waals surface area contributed by atoms with Crippen LogP contribution >= 0.6 is 21.4 Å². The van der Waals surface area contributed by atoms with Crippen molar-refractivity contribution in [2.45, 2.75) is 19.6 Å². The minimum atomic E-state index is -1.96. The summed E-state index contributed by atoms with van der Waals surface area (Å²) in [5.74, 6) is 1.48. The molecular formula is C64H42N4S2. The van der Waals surface area contributed by atoms with Crippen molar-refractivity contribution in [1.29, 1.82) is 0 Å². The van der Waals surface area contributed by atoms with Crippen molar-refractivity contribution in [1.82, 2.24) is 19.1 Å². The number of fused-ring (bicyclic) bond motifs is 9. The maximum atomic E-state index is 5.62. The van der Waals surface area contributed by atoms with E-state index in [-0.39, 0.29) is 0 Å². The molecule has 0 atom stereocenters. The van der Waals surface area contributed by atoms with E-state index in [1.807, 2.05) is 11.3 Å². The molecule has 0 N–H and O–H groups in total. The molecule has 0 amide bonds. The zero-order valence-electron chi connectivity index (χ0n) is 37.9. The Morgan fingerprint density at radius 1 is 0.314 bits per heavy atom. The van der Waals surface area contributed by atoms with E-state index in [2.05, 4.69) is 264 Å². The molecule has 4 heterocycles. The fourth-order valence-corrected chi connectivity index (χ4v) is 15.8. The van der Waals surface area contributed by atoms with E-state index in [0.717, 1.165) is 50.1 Å². The molecule has 10 aromatic carbocycles. The van der Waals surface area contributed by atoms with Gasteiger partial charge in [0.05, 0.1) is 27.8 Å². The number of hydrogen-bond acceptors (Lipinski definition) is 3. The molecule has 0 aliphatic rings. The molecule has 0 unspecified atom stereocenters. The van der Waals surface area contributed by atoms with Gasteiger partial charge in [0.25, 0.3) is 0 Å². The van der Waals surface area contributed by atoms with Crippen molar-refractivity contribution in [3.8, 4) is 34.2 Å². The Morgan fingerprint density at radius 3 is 1.47 bits per heavy atom. The van der Waals surface area contributed by atoms with Gasteiger partial charge in [-0.2, -0.15) is 0 Å². The Hall–Kier alpha value is -8.55. The van der Waals surface area contributed by atoms with Gasteiger partial charge in [-0.15, -0.1) is 21.4 Å². The fourth-order valence-electron chi connectivity index (χ4n) is 10.8. The molecule has 4 aromatic heterocycles. The molecule has 0 spiro atoms. The number of benzene rings is 10. The number of nitrogens with zero attached hydrogens (tertiary/aromatic N) is 4. The van der Waals surface area contributed by atoms with Gasteiger partial charge in [0, 0.05) is 84.2 Å². The SMILES string of the molecule is c1ccc(S(c2ccccc2)(c2ccccc2)c2cccc(-c3nc(-c4ccc5c(c4)sc4ccccc45)cc(-n4c5ccccc5c5cc(-n6c7ccccc7c7ccccc76)ccc54)n3)c2)cc1. The van der Waals surface area contributed by atoms with Crippen molar-refractivity contribution in [2.24, 2.45) is 0 Å². The standard InChI is InChI=1S/C64H42N4S2/c1-4-20-46(21-5-1)70(47-22-6-2-7-23-47,48-24-8-3-9-25-48)49-26-18-19-44(39-49)64-65-56(43-35-37-54-53-30-13-17-34-61(53)69-62(54)40-43)42-63(66-64)68-59-33-16-12-29-52(59)55-41-45(36-38-60(55)68)67-57-31-14-10-27-50(57)51-28-11-15-32-58(51)67/h1-42H. The maximum Gasteiger partial charge on any atom is 0.162 e. The summed E-state index contributed by atoms with van der Waals surface area (Å²) in [6.45, 7) is 0. The van der Waals surface area contributed by atoms with Gasteiger partial charge in [-0.3, -0.25) is 4.57 Å². The first kappa shape index (κ1) is 40.5. The Bertz CT molecular complexity index is 4150. The second-order valence-corrected chi connectivity index (χ2v) is 21.9. The molecule has 70 heavy (non-hydrogen) atoms. The average molecular weight is 931 g/mol. The van der Waals surface area contributed by atoms with Crippen LogP contribution < -0.4 is 0 Å². The van der Waals surface area contributed by atoms with Crippen LogP contribution in [0.3, 0.4) is 0 Å². The minimum absolute atomic E-state index is 0.668. The molecule has 0 saturated heterocycles. The lowest BCUT2D eigenvalue weighted by atomic mass is 10.1. The summed E-state index contributed by atoms with van der Waals surface area (Å²) in [5, 5.41) is 7.35. The first-order valence-electron chi connectivity index (χ1n) is 23.6. The van der Waals surface area contributed by atoms with Crippen LogP contribution in [0.2, 0.25) is 0 Å². The van der Waals surface area contributed by atoms with E-state index in [9.17, 15) is 0 Å². The highest BCUT2D eigenvalue weighted by Crippen LogP contribution is 2.73. The van der Waals surface area contributed by atoms with E-state index in [1.54, 1.807) is 0 Å². The molecule has 14 rings (SSSR count). The molecule has 0 saturated carbocycles. The smallest absolute Gasteiger partial charge is 0.162 e. The highest BCUT2D eigenvalue weighted by atomic mass is 32.3. The third-order valence-electron chi connectivity index (χ3n) is 13.8. The molecule has 0 aliphatic heterocycles. The highest BCUT2D eigenvalue weighted by Gasteiger charge is 2.33. The van der Waals surface area contributed by atoms with Crippen LogP contribution in [0, 0.1) is 0 Å². The van der Waals surface area contributed by atoms with Crippen molar-refractivity contribution in [3.05, 3.63) is 255 Å². The Labute approximate surface area is 410 Å². The van der Waals surface area contributed by atoms with Gasteiger partial charge in [-0.25, -0.2) is 9.97 Å². The number of thiophene rings is 1. The molecule has 4 nitrogen and oxygen atoms in total. The van der Waals surface area contributed by atoms with Crippen LogP contribution in [0.5, 0.6) is 0 Å². The van der Waals surface area contributed by atoms with Gasteiger partial charge in [0.15, 0.2) is 5.82 Å². The second kappa shape index (κ2) is 16.3. The largest absolute Gasteiger partial charge is 0.309 e. The first-order chi connectivity index (χ1) is 34.7. The van der Waals surface area contributed by atoms with Crippen LogP contribution in [-0.4, -0.2) is 19.1 Å². The highest BCUT2D eigenvalue weighted by molar-refractivity contribution is 8.34. The van der Waals surface area contributed by atoms with Gasteiger partial charge in [-0.05, 0) is 97.1 Å². The summed E-state index contributed by atoms with van der Waals surface area (Å²) < 4.78 is 7.25. The molecular weight excluding hydrogens is 889 g/mol. The number of para-hydroxylation sites is 3. The summed E-state index contributed by atoms with van der Waals surface area (Å²) in [4.78, 5) is 16.2. The lowest BCUT2D eigenvalue weighted by Gasteiger charge is -2.42. The predicted molar refractivity (Wildman–Crippen MR) is 294 cm³/mol. The van der Waals surface area contributed by atoms with Crippen molar-refractivity contribution >= 4 is 85.1 Å². The van der Waals surface area contributed by atoms with Crippen LogP contribution in [0.1, 0.15) is 0 Å². The predicted octanol–water partition coefficient (Wildman–Crippen LogP) is 17.7. The average Bonchev–Trinajstić information content (AvgIpc) is 4.09. The molecule has 14 aromatic rings. The first-order valence-corrected chi connectivity index (χ1v) is 26.1. The molecule has 330 valence electrons. The third kappa shape index (κ3) is 6.31. The Kier molecular flexibility index (Phi) is 9.44. The Morgan fingerprint density at radius 2 is 0.829 bits per heavy atom. The molecule has 0 aliphatic carbocycles. The van der Waals surface area contributed by atoms with Crippen LogP contribution in [0.4, 0.5) is 0 Å². The Balaban J connectivity index is 1.01. The van der Waals surface area contributed by atoms with E-state index in [4.69, 9.17) is 9.97 Å². The van der Waals surface area contributed by atoms with Gasteiger partial charge >= 0.3 is 0 Å². The lowest BCUT2D eigenvalue weighted by molar-refractivity contribution is 1.05. The summed E-state index contributed by atoms with van der Waals surface area (Å²) in [6.07, 6.45) is 0. The fraction of sp³-hybridized carbons (Fsp3) is 0. The van der Waals surface area contributed by atoms with Crippen molar-refractivity contribution < 1.29 is 0 Å². The summed E-state index contributed by atoms with van der Waals surface area (Å²) in [6, 6.07) is 92.8. The minimum Gasteiger partial charge on any atom is -0.309 e. The maximum absolute atomic E-state index is 5.62. The monoisotopic (exact) mass is 930 g/mol. The quantitative estimate of drug-likeness (QED) is 0.152. The van der Waals surface area contributed by atoms with E-state index >= 15 is 0 Å². The van der Waals surface area contributed by atoms with Gasteiger partial charge in [0.1, 0.15) is 5.82 Å². The third-order valence-corrected chi connectivity index (χ3v) is 18.9. The lowest BCUT2D eigenvalue weighted by Crippen LogP contribution is -2.06. The normalized spacial score (nSPS) is 12.2. The van der Waals surface area contributed by atoms with E-state index < -0.39 is 10.0 Å². The van der Waals surface area contributed by atoms with Crippen LogP contribution in [0.25, 0.3) is 97.9 Å². The topological polar surface area (TPSA) is 35.6 Å². The zero-order chi connectivity index (χ0) is 46.2. The number of rotatable bonds is 8. The van der Waals surface area contributed by atoms with Gasteiger partial charge in [-0.1, -0.05) is 152 Å². The molecule has 0 fully saturated rings. The van der Waals surface area contributed by atoms with Crippen LogP contribution in [0.15, 0.2) is 274 Å². The molecule has 0 bridgehead atoms. The number of hydrogen-bond donors (Lipinski definition) is 0. The van der Waals surface area contributed by atoms with Gasteiger partial charge < -0.3 is 4.57 Å². The van der Waals surface area contributed by atoms with Crippen molar-refractivity contribution in [3.63, 3.8) is 0 Å². The van der Waals surface area contributed by atoms with E-state index in [0.29, 0.717) is 5.82 Å². The summed E-state index contributed by atoms with van der Waals surface area (Å²) >= 11 is 1.83. The zero-order valence-corrected chi connectivity index (χ0v) is 39.5. The van der Waals surface area contributed by atoms with Crippen LogP contribution in [-0.2, 0) is 0 Å². The van der Waals surface area contributed by atoms with Crippen molar-refractivity contribution in [2.75, 3.05) is 0 Å². The summed E-state index contributed by atoms with van der Waals surface area (Å²) in [5.41, 5.74) is 8.53. The van der Waals surface area contributed by atoms with Gasteiger partial charge in [0.2, 0.25) is 0 Å². The second-order valence-electron chi connectivity index (χ2n) is 17.7. The van der Waals surface area contributed by atoms with E-state index in [1.165, 1.54) is 61.6 Å². The molecule has 6 heteroatoms.